The molecule has 0 aliphatic heterocycles. The number of aryl methyl sites for hydroxylation is 1. The molecule has 5 nitrogen and oxygen atoms in total. The molecule has 108 valence electrons. The molecule has 3 aromatic heterocycles. The molecule has 4 rings (SSSR count). The predicted molar refractivity (Wildman–Crippen MR) is 83.7 cm³/mol. The van der Waals surface area contributed by atoms with Crippen LogP contribution in [-0.4, -0.2) is 20.3 Å². The third kappa shape index (κ3) is 1.75. The van der Waals surface area contributed by atoms with E-state index >= 15 is 0 Å². The number of nitrogens with zero attached hydrogens (tertiary/aromatic N) is 3. The Kier molecular flexibility index (Phi) is 2.63. The lowest BCUT2D eigenvalue weighted by Gasteiger charge is -1.99. The maximum Gasteiger partial charge on any atom is 0.194 e. The Bertz CT molecular complexity index is 1030. The summed E-state index contributed by atoms with van der Waals surface area (Å²) >= 11 is 0. The number of hydrogen-bond acceptors (Lipinski definition) is 4. The lowest BCUT2D eigenvalue weighted by molar-refractivity contribution is 0.0988. The molecule has 0 N–H and O–H groups in total. The quantitative estimate of drug-likeness (QED) is 0.530. The Morgan fingerprint density at radius 2 is 2.05 bits per heavy atom. The van der Waals surface area contributed by atoms with Gasteiger partial charge in [-0.3, -0.25) is 9.78 Å². The number of hydrogen-bond donors (Lipinski definition) is 0. The fourth-order valence-electron chi connectivity index (χ4n) is 2.68. The molecular weight excluding hydrogens is 278 g/mol. The molecule has 0 saturated heterocycles. The predicted octanol–water partition coefficient (Wildman–Crippen LogP) is 3.58. The Labute approximate surface area is 126 Å². The van der Waals surface area contributed by atoms with Crippen LogP contribution in [-0.2, 0) is 7.05 Å². The van der Waals surface area contributed by atoms with Gasteiger partial charge in [0.1, 0.15) is 0 Å². The third-order valence-electron chi connectivity index (χ3n) is 3.81. The van der Waals surface area contributed by atoms with Crippen LogP contribution in [0, 0.1) is 0 Å². The lowest BCUT2D eigenvalue weighted by Crippen LogP contribution is -1.91. The van der Waals surface area contributed by atoms with Crippen LogP contribution >= 0.6 is 0 Å². The number of aromatic nitrogens is 3. The molecule has 0 spiro atoms. The van der Waals surface area contributed by atoms with E-state index in [1.807, 2.05) is 35.9 Å². The summed E-state index contributed by atoms with van der Waals surface area (Å²) in [5.74, 6) is 1.52. The van der Waals surface area contributed by atoms with Gasteiger partial charge in [-0.05, 0) is 36.4 Å². The van der Waals surface area contributed by atoms with Crippen molar-refractivity contribution < 1.29 is 9.21 Å². The summed E-state index contributed by atoms with van der Waals surface area (Å²) in [7, 11) is 1.93. The summed E-state index contributed by atoms with van der Waals surface area (Å²) in [6.45, 7) is 1.48. The molecule has 4 aromatic rings. The van der Waals surface area contributed by atoms with Crippen molar-refractivity contribution in [2.45, 2.75) is 6.92 Å². The van der Waals surface area contributed by atoms with Crippen LogP contribution in [0.1, 0.15) is 17.5 Å². The van der Waals surface area contributed by atoms with Gasteiger partial charge in [-0.1, -0.05) is 0 Å². The van der Waals surface area contributed by atoms with Crippen molar-refractivity contribution in [2.24, 2.45) is 7.05 Å². The van der Waals surface area contributed by atoms with Crippen molar-refractivity contribution in [3.63, 3.8) is 0 Å². The number of carbonyl (C=O) groups excluding carboxylic acids is 1. The molecule has 5 heteroatoms. The normalized spacial score (nSPS) is 11.4. The maximum atomic E-state index is 11.4. The summed E-state index contributed by atoms with van der Waals surface area (Å²) in [6, 6.07) is 11.3. The van der Waals surface area contributed by atoms with E-state index in [0.717, 1.165) is 21.9 Å². The van der Waals surface area contributed by atoms with Crippen molar-refractivity contribution >= 4 is 27.7 Å². The maximum absolute atomic E-state index is 11.4. The minimum absolute atomic E-state index is 0.0975. The highest BCUT2D eigenvalue weighted by atomic mass is 16.3. The topological polar surface area (TPSA) is 60.9 Å². The largest absolute Gasteiger partial charge is 0.450 e. The third-order valence-corrected chi connectivity index (χ3v) is 3.81. The van der Waals surface area contributed by atoms with E-state index in [2.05, 4.69) is 4.98 Å². The molecule has 22 heavy (non-hydrogen) atoms. The van der Waals surface area contributed by atoms with Gasteiger partial charge in [0, 0.05) is 25.6 Å². The number of fused-ring (bicyclic) bond motifs is 3. The number of Topliss-reactive ketones (excluding diaryl/α,β-unsaturated/α-hetero) is 1. The zero-order chi connectivity index (χ0) is 15.3. The van der Waals surface area contributed by atoms with Crippen LogP contribution in [0.2, 0.25) is 0 Å². The van der Waals surface area contributed by atoms with Gasteiger partial charge in [0.25, 0.3) is 0 Å². The highest BCUT2D eigenvalue weighted by Gasteiger charge is 2.16. The highest BCUT2D eigenvalue weighted by molar-refractivity contribution is 6.03. The van der Waals surface area contributed by atoms with E-state index in [-0.39, 0.29) is 5.78 Å². The number of pyridine rings is 1. The second-order valence-corrected chi connectivity index (χ2v) is 5.22. The fourth-order valence-corrected chi connectivity index (χ4v) is 2.68. The van der Waals surface area contributed by atoms with Gasteiger partial charge in [-0.25, -0.2) is 4.98 Å². The van der Waals surface area contributed by atoms with Gasteiger partial charge in [0.05, 0.1) is 16.6 Å². The van der Waals surface area contributed by atoms with Crippen LogP contribution in [0.15, 0.2) is 47.0 Å². The second kappa shape index (κ2) is 4.53. The fraction of sp³-hybridized carbons (Fsp3) is 0.118. The molecule has 1 aromatic carbocycles. The molecule has 0 fully saturated rings. The number of benzene rings is 1. The molecule has 0 aliphatic rings. The molecule has 3 heterocycles. The first-order valence-electron chi connectivity index (χ1n) is 6.96. The van der Waals surface area contributed by atoms with Gasteiger partial charge in [-0.15, -0.1) is 0 Å². The SMILES string of the molecule is CC(=O)c1ccc(-c2nc3c4cccnc4ccc3n2C)o1. The Balaban J connectivity index is 2.00. The lowest BCUT2D eigenvalue weighted by atomic mass is 10.2. The van der Waals surface area contributed by atoms with E-state index < -0.39 is 0 Å². The second-order valence-electron chi connectivity index (χ2n) is 5.22. The average Bonchev–Trinajstić information content (AvgIpc) is 3.12. The van der Waals surface area contributed by atoms with Crippen molar-refractivity contribution in [1.29, 1.82) is 0 Å². The molecule has 0 atom stereocenters. The van der Waals surface area contributed by atoms with E-state index in [9.17, 15) is 4.79 Å². The van der Waals surface area contributed by atoms with Gasteiger partial charge < -0.3 is 8.98 Å². The van der Waals surface area contributed by atoms with E-state index in [0.29, 0.717) is 17.3 Å². The smallest absolute Gasteiger partial charge is 0.194 e. The Morgan fingerprint density at radius 3 is 2.82 bits per heavy atom. The van der Waals surface area contributed by atoms with Crippen LogP contribution in [0.4, 0.5) is 0 Å². The molecule has 0 saturated carbocycles. The van der Waals surface area contributed by atoms with Crippen LogP contribution in [0.25, 0.3) is 33.5 Å². The molecule has 0 aliphatic carbocycles. The zero-order valence-corrected chi connectivity index (χ0v) is 12.2. The number of imidazole rings is 1. The Morgan fingerprint density at radius 1 is 1.18 bits per heavy atom. The number of carbonyl (C=O) groups is 1. The monoisotopic (exact) mass is 291 g/mol. The van der Waals surface area contributed by atoms with E-state index in [1.165, 1.54) is 6.92 Å². The van der Waals surface area contributed by atoms with Crippen molar-refractivity contribution in [3.05, 3.63) is 48.4 Å². The minimum atomic E-state index is -0.0975. The van der Waals surface area contributed by atoms with E-state index in [4.69, 9.17) is 9.40 Å². The summed E-state index contributed by atoms with van der Waals surface area (Å²) < 4.78 is 7.57. The van der Waals surface area contributed by atoms with Crippen molar-refractivity contribution in [2.75, 3.05) is 0 Å². The van der Waals surface area contributed by atoms with Gasteiger partial charge >= 0.3 is 0 Å². The van der Waals surface area contributed by atoms with Crippen molar-refractivity contribution in [3.8, 4) is 11.6 Å². The molecule has 0 radical (unpaired) electrons. The Hall–Kier alpha value is -2.95. The average molecular weight is 291 g/mol. The summed E-state index contributed by atoms with van der Waals surface area (Å²) in [6.07, 6.45) is 1.77. The van der Waals surface area contributed by atoms with Crippen LogP contribution in [0.3, 0.4) is 0 Å². The van der Waals surface area contributed by atoms with Crippen LogP contribution in [0.5, 0.6) is 0 Å². The summed E-state index contributed by atoms with van der Waals surface area (Å²) in [5.41, 5.74) is 2.78. The zero-order valence-electron chi connectivity index (χ0n) is 12.2. The number of ketones is 1. The summed E-state index contributed by atoms with van der Waals surface area (Å²) in [5, 5.41) is 1.00. The standard InChI is InChI=1S/C17H13N3O2/c1-10(21)14-7-8-15(22-14)17-19-16-11-4-3-9-18-12(11)5-6-13(16)20(17)2/h3-9H,1-2H3. The van der Waals surface area contributed by atoms with Gasteiger partial charge in [0.2, 0.25) is 0 Å². The van der Waals surface area contributed by atoms with Gasteiger partial charge in [0.15, 0.2) is 23.1 Å². The summed E-state index contributed by atoms with van der Waals surface area (Å²) in [4.78, 5) is 20.4. The van der Waals surface area contributed by atoms with Gasteiger partial charge in [-0.2, -0.15) is 0 Å². The first-order valence-corrected chi connectivity index (χ1v) is 6.96. The highest BCUT2D eigenvalue weighted by Crippen LogP contribution is 2.29. The van der Waals surface area contributed by atoms with Crippen LogP contribution < -0.4 is 0 Å². The van der Waals surface area contributed by atoms with E-state index in [1.54, 1.807) is 18.3 Å². The molecule has 0 unspecified atom stereocenters. The molecule has 0 bridgehead atoms. The molecule has 0 amide bonds. The minimum Gasteiger partial charge on any atom is -0.450 e. The first-order chi connectivity index (χ1) is 10.6. The number of rotatable bonds is 2. The molecular formula is C17H13N3O2. The number of furan rings is 1. The van der Waals surface area contributed by atoms with Crippen molar-refractivity contribution in [1.82, 2.24) is 14.5 Å². The first kappa shape index (κ1) is 12.8.